The number of benzene rings is 3. The first-order chi connectivity index (χ1) is 19.5. The second-order valence-electron chi connectivity index (χ2n) is 8.32. The number of ether oxygens (including phenoxy) is 3. The summed E-state index contributed by atoms with van der Waals surface area (Å²) in [7, 11) is 0. The largest absolute Gasteiger partial charge is 0.462 e. The van der Waals surface area contributed by atoms with Gasteiger partial charge in [0.1, 0.15) is 12.7 Å². The molecule has 0 saturated carbocycles. The van der Waals surface area contributed by atoms with Gasteiger partial charge in [0.2, 0.25) is 0 Å². The van der Waals surface area contributed by atoms with Gasteiger partial charge in [0.25, 0.3) is 17.1 Å². The SMILES string of the molecule is O=C(OCCC[C@H](COC(=O)c1ccc([N+](=O)[O-])cc1)OC(=O)c1ccc([N+](=O)[O-])cc1)c1ccc([N+](=O)[O-])cc1. The Morgan fingerprint density at radius 1 is 0.585 bits per heavy atom. The molecule has 0 amide bonds. The minimum Gasteiger partial charge on any atom is -0.462 e. The number of carbonyl (C=O) groups is 3. The van der Waals surface area contributed by atoms with E-state index in [1.54, 1.807) is 0 Å². The summed E-state index contributed by atoms with van der Waals surface area (Å²) in [5.41, 5.74) is -0.527. The summed E-state index contributed by atoms with van der Waals surface area (Å²) in [5, 5.41) is 32.4. The van der Waals surface area contributed by atoms with Crippen LogP contribution < -0.4 is 0 Å². The molecule has 0 heterocycles. The predicted octanol–water partition coefficient (Wildman–Crippen LogP) is 4.43. The van der Waals surface area contributed by atoms with Crippen molar-refractivity contribution >= 4 is 35.0 Å². The Morgan fingerprint density at radius 2 is 0.951 bits per heavy atom. The van der Waals surface area contributed by atoms with E-state index in [4.69, 9.17) is 14.2 Å². The van der Waals surface area contributed by atoms with Gasteiger partial charge >= 0.3 is 17.9 Å². The van der Waals surface area contributed by atoms with Gasteiger partial charge < -0.3 is 14.2 Å². The van der Waals surface area contributed by atoms with Crippen LogP contribution in [0.3, 0.4) is 0 Å². The van der Waals surface area contributed by atoms with E-state index >= 15 is 0 Å². The normalized spacial score (nSPS) is 11.1. The second-order valence-corrected chi connectivity index (χ2v) is 8.32. The lowest BCUT2D eigenvalue weighted by atomic mass is 10.2. The quantitative estimate of drug-likeness (QED) is 0.0923. The van der Waals surface area contributed by atoms with Gasteiger partial charge in [-0.25, -0.2) is 14.4 Å². The molecule has 3 aromatic carbocycles. The zero-order valence-corrected chi connectivity index (χ0v) is 21.1. The van der Waals surface area contributed by atoms with Crippen LogP contribution in [0.15, 0.2) is 72.8 Å². The molecule has 212 valence electrons. The van der Waals surface area contributed by atoms with E-state index in [1.165, 1.54) is 36.4 Å². The van der Waals surface area contributed by atoms with E-state index in [9.17, 15) is 44.7 Å². The molecule has 0 saturated heterocycles. The molecule has 0 aliphatic heterocycles. The third-order valence-corrected chi connectivity index (χ3v) is 5.52. The van der Waals surface area contributed by atoms with Crippen molar-refractivity contribution in [3.05, 3.63) is 120 Å². The van der Waals surface area contributed by atoms with Gasteiger partial charge in [0.15, 0.2) is 0 Å². The summed E-state index contributed by atoms with van der Waals surface area (Å²) in [6.45, 7) is -0.539. The number of non-ortho nitro benzene ring substituents is 3. The highest BCUT2D eigenvalue weighted by molar-refractivity contribution is 5.91. The minimum atomic E-state index is -1.02. The maximum atomic E-state index is 12.6. The third kappa shape index (κ3) is 8.64. The first-order valence-corrected chi connectivity index (χ1v) is 11.8. The molecule has 41 heavy (non-hydrogen) atoms. The standard InChI is InChI=1S/C26H21N3O12/c30-24(17-3-9-20(10-4-17)27(33)34)39-15-1-2-23(41-26(32)19-7-13-22(14-8-19)29(37)38)16-40-25(31)18-5-11-21(12-6-18)28(35)36/h3-14,23H,1-2,15-16H2/t23-/m1/s1. The molecule has 0 radical (unpaired) electrons. The number of rotatable bonds is 13. The van der Waals surface area contributed by atoms with E-state index in [-0.39, 0.29) is 53.2 Å². The van der Waals surface area contributed by atoms with Gasteiger partial charge in [0, 0.05) is 36.4 Å². The average Bonchev–Trinajstić information content (AvgIpc) is 2.97. The van der Waals surface area contributed by atoms with Crippen molar-refractivity contribution in [1.29, 1.82) is 0 Å². The predicted molar refractivity (Wildman–Crippen MR) is 138 cm³/mol. The lowest BCUT2D eigenvalue weighted by Crippen LogP contribution is -2.26. The topological polar surface area (TPSA) is 208 Å². The lowest BCUT2D eigenvalue weighted by molar-refractivity contribution is -0.385. The van der Waals surface area contributed by atoms with Gasteiger partial charge in [-0.1, -0.05) is 0 Å². The molecule has 3 aromatic rings. The molecular formula is C26H21N3O12. The average molecular weight is 567 g/mol. The fourth-order valence-electron chi connectivity index (χ4n) is 3.36. The summed E-state index contributed by atoms with van der Waals surface area (Å²) in [5.74, 6) is -2.41. The molecule has 0 unspecified atom stereocenters. The van der Waals surface area contributed by atoms with Crippen LogP contribution in [0, 0.1) is 30.3 Å². The zero-order valence-electron chi connectivity index (χ0n) is 21.1. The summed E-state index contributed by atoms with van der Waals surface area (Å²) in [6, 6.07) is 14.1. The molecule has 0 fully saturated rings. The molecule has 0 spiro atoms. The molecule has 0 bridgehead atoms. The van der Waals surface area contributed by atoms with Crippen molar-refractivity contribution in [2.75, 3.05) is 13.2 Å². The highest BCUT2D eigenvalue weighted by atomic mass is 16.6. The Kier molecular flexibility index (Phi) is 10.1. The van der Waals surface area contributed by atoms with Crippen LogP contribution in [0.5, 0.6) is 0 Å². The van der Waals surface area contributed by atoms with Gasteiger partial charge in [-0.05, 0) is 49.2 Å². The number of nitro benzene ring substituents is 3. The number of nitro groups is 3. The van der Waals surface area contributed by atoms with Crippen molar-refractivity contribution in [2.45, 2.75) is 18.9 Å². The highest BCUT2D eigenvalue weighted by Gasteiger charge is 2.21. The fraction of sp³-hybridized carbons (Fsp3) is 0.192. The molecule has 1 atom stereocenters. The molecule has 0 aliphatic carbocycles. The number of carbonyl (C=O) groups excluding carboxylic acids is 3. The van der Waals surface area contributed by atoms with E-state index in [1.807, 2.05) is 0 Å². The van der Waals surface area contributed by atoms with Crippen LogP contribution >= 0.6 is 0 Å². The monoisotopic (exact) mass is 567 g/mol. The van der Waals surface area contributed by atoms with E-state index < -0.39 is 45.4 Å². The Morgan fingerprint density at radius 3 is 1.34 bits per heavy atom. The Hall–Kier alpha value is -5.73. The Labute approximate surface area is 230 Å². The zero-order chi connectivity index (χ0) is 29.9. The maximum Gasteiger partial charge on any atom is 0.338 e. The first kappa shape index (κ1) is 29.8. The molecule has 15 heteroatoms. The van der Waals surface area contributed by atoms with Crippen molar-refractivity contribution in [2.24, 2.45) is 0 Å². The second kappa shape index (κ2) is 13.9. The van der Waals surface area contributed by atoms with E-state index in [2.05, 4.69) is 0 Å². The summed E-state index contributed by atoms with van der Waals surface area (Å²) in [6.07, 6.45) is -0.788. The van der Waals surface area contributed by atoms with Crippen LogP contribution in [0.4, 0.5) is 17.1 Å². The maximum absolute atomic E-state index is 12.6. The summed E-state index contributed by atoms with van der Waals surface area (Å²) in [4.78, 5) is 67.8. The van der Waals surface area contributed by atoms with Crippen molar-refractivity contribution in [3.63, 3.8) is 0 Å². The van der Waals surface area contributed by atoms with E-state index in [0.717, 1.165) is 36.4 Å². The van der Waals surface area contributed by atoms with E-state index in [0.29, 0.717) is 0 Å². The van der Waals surface area contributed by atoms with Crippen LogP contribution in [0.25, 0.3) is 0 Å². The van der Waals surface area contributed by atoms with Gasteiger partial charge in [-0.3, -0.25) is 30.3 Å². The van der Waals surface area contributed by atoms with Crippen LogP contribution in [-0.2, 0) is 14.2 Å². The van der Waals surface area contributed by atoms with Crippen molar-refractivity contribution in [3.8, 4) is 0 Å². The Balaban J connectivity index is 1.61. The van der Waals surface area contributed by atoms with Crippen molar-refractivity contribution < 1.29 is 43.4 Å². The van der Waals surface area contributed by atoms with Gasteiger partial charge in [0.05, 0.1) is 38.1 Å². The van der Waals surface area contributed by atoms with Crippen LogP contribution in [-0.4, -0.2) is 52.0 Å². The first-order valence-electron chi connectivity index (χ1n) is 11.8. The summed E-state index contributed by atoms with van der Waals surface area (Å²) >= 11 is 0. The lowest BCUT2D eigenvalue weighted by Gasteiger charge is -2.18. The molecule has 15 nitrogen and oxygen atoms in total. The van der Waals surface area contributed by atoms with Gasteiger partial charge in [-0.15, -0.1) is 0 Å². The number of hydrogen-bond donors (Lipinski definition) is 0. The molecular weight excluding hydrogens is 546 g/mol. The Bertz CT molecular complexity index is 1440. The third-order valence-electron chi connectivity index (χ3n) is 5.52. The molecule has 0 aliphatic rings. The van der Waals surface area contributed by atoms with Gasteiger partial charge in [-0.2, -0.15) is 0 Å². The fourth-order valence-corrected chi connectivity index (χ4v) is 3.36. The van der Waals surface area contributed by atoms with Crippen LogP contribution in [0.2, 0.25) is 0 Å². The number of esters is 3. The molecule has 0 N–H and O–H groups in total. The highest BCUT2D eigenvalue weighted by Crippen LogP contribution is 2.17. The van der Waals surface area contributed by atoms with Crippen molar-refractivity contribution in [1.82, 2.24) is 0 Å². The number of nitrogens with zero attached hydrogens (tertiary/aromatic N) is 3. The molecule has 3 rings (SSSR count). The summed E-state index contributed by atoms with van der Waals surface area (Å²) < 4.78 is 15.8. The molecule has 0 aromatic heterocycles. The van der Waals surface area contributed by atoms with Crippen LogP contribution in [0.1, 0.15) is 43.9 Å². The minimum absolute atomic E-state index is 0.00638. The smallest absolute Gasteiger partial charge is 0.338 e. The number of hydrogen-bond acceptors (Lipinski definition) is 12.